The maximum Gasteiger partial charge on any atom is 0.105 e. The van der Waals surface area contributed by atoms with Gasteiger partial charge in [0.25, 0.3) is 0 Å². The summed E-state index contributed by atoms with van der Waals surface area (Å²) in [5.74, 6) is 0. The second kappa shape index (κ2) is 22.0. The summed E-state index contributed by atoms with van der Waals surface area (Å²) in [7, 11) is 0. The molecule has 1 nitrogen and oxygen atoms in total. The fourth-order valence-electron chi connectivity index (χ4n) is 6.37. The highest BCUT2D eigenvalue weighted by Gasteiger charge is 2.28. The van der Waals surface area contributed by atoms with Gasteiger partial charge in [-0.05, 0) is 38.5 Å². The van der Waals surface area contributed by atoms with Crippen LogP contribution in [0.3, 0.4) is 0 Å². The van der Waals surface area contributed by atoms with Crippen LogP contribution in [-0.4, -0.2) is 11.0 Å². The van der Waals surface area contributed by atoms with Crippen molar-refractivity contribution in [2.75, 3.05) is 6.54 Å². The Morgan fingerprint density at radius 3 is 1.12 bits per heavy atom. The molecule has 0 N–H and O–H groups in total. The lowest BCUT2D eigenvalue weighted by Crippen LogP contribution is -2.46. The van der Waals surface area contributed by atoms with E-state index in [0.29, 0.717) is 0 Å². The normalized spacial score (nSPS) is 11.8. The predicted molar refractivity (Wildman–Crippen MR) is 184 cm³/mol. The molecule has 0 amide bonds. The van der Waals surface area contributed by atoms with E-state index in [0.717, 1.165) is 24.1 Å². The third kappa shape index (κ3) is 15.0. The molecule has 0 radical (unpaired) electrons. The summed E-state index contributed by atoms with van der Waals surface area (Å²) in [6.07, 6.45) is 26.8. The molecule has 0 saturated carbocycles. The summed E-state index contributed by atoms with van der Waals surface area (Å²) in [5.41, 5.74) is 4.34. The molecule has 0 aliphatic rings. The molecule has 42 heavy (non-hydrogen) atoms. The number of quaternary nitrogens is 1. The highest BCUT2D eigenvalue weighted by molar-refractivity contribution is 5.17. The predicted octanol–water partition coefficient (Wildman–Crippen LogP) is 12.2. The highest BCUT2D eigenvalue weighted by Crippen LogP contribution is 2.26. The van der Waals surface area contributed by atoms with Crippen molar-refractivity contribution in [2.24, 2.45) is 0 Å². The van der Waals surface area contributed by atoms with Gasteiger partial charge >= 0.3 is 0 Å². The molecule has 3 rings (SSSR count). The van der Waals surface area contributed by atoms with E-state index in [4.69, 9.17) is 0 Å². The minimum absolute atomic E-state index is 1.08. The Labute approximate surface area is 259 Å². The molecule has 0 spiro atoms. The summed E-state index contributed by atoms with van der Waals surface area (Å²) in [6.45, 7) is 6.76. The first kappa shape index (κ1) is 33.9. The van der Waals surface area contributed by atoms with Crippen molar-refractivity contribution >= 4 is 0 Å². The second-order valence-corrected chi connectivity index (χ2v) is 12.6. The Morgan fingerprint density at radius 2 is 0.738 bits per heavy atom. The van der Waals surface area contributed by atoms with Gasteiger partial charge in [-0.2, -0.15) is 0 Å². The summed E-state index contributed by atoms with van der Waals surface area (Å²) in [6, 6.07) is 33.5. The van der Waals surface area contributed by atoms with Gasteiger partial charge < -0.3 is 4.48 Å². The lowest BCUT2D eigenvalue weighted by atomic mass is 10.0. The average Bonchev–Trinajstić information content (AvgIpc) is 3.02. The monoisotopic (exact) mass is 566 g/mol. The molecular weight excluding hydrogens is 506 g/mol. The molecule has 0 atom stereocenters. The molecule has 3 aromatic rings. The van der Waals surface area contributed by atoms with Gasteiger partial charge in [-0.25, -0.2) is 0 Å². The van der Waals surface area contributed by atoms with Crippen molar-refractivity contribution < 1.29 is 4.48 Å². The summed E-state index contributed by atoms with van der Waals surface area (Å²) >= 11 is 0. The molecule has 0 unspecified atom stereocenters. The van der Waals surface area contributed by atoms with Gasteiger partial charge in [0.15, 0.2) is 0 Å². The third-order valence-corrected chi connectivity index (χ3v) is 8.73. The maximum atomic E-state index is 2.44. The van der Waals surface area contributed by atoms with E-state index >= 15 is 0 Å². The SMILES string of the molecule is CCCCCCC/C=C/CCCCCCCCCCC[N+](Cc1ccccc1)(Cc1ccccc1)Cc1ccccc1. The molecule has 1 heteroatoms. The fourth-order valence-corrected chi connectivity index (χ4v) is 6.37. The number of unbranched alkanes of at least 4 members (excludes halogenated alkanes) is 14. The number of allylic oxidation sites excluding steroid dienone is 2. The minimum Gasteiger partial charge on any atom is -0.312 e. The van der Waals surface area contributed by atoms with E-state index in [9.17, 15) is 0 Å². The van der Waals surface area contributed by atoms with Crippen molar-refractivity contribution in [1.29, 1.82) is 0 Å². The summed E-state index contributed by atoms with van der Waals surface area (Å²) in [5, 5.41) is 0. The topological polar surface area (TPSA) is 0 Å². The largest absolute Gasteiger partial charge is 0.312 e. The Morgan fingerprint density at radius 1 is 0.405 bits per heavy atom. The first-order chi connectivity index (χ1) is 20.8. The molecule has 228 valence electrons. The fraction of sp³-hybridized carbons (Fsp3) is 0.512. The van der Waals surface area contributed by atoms with E-state index < -0.39 is 0 Å². The van der Waals surface area contributed by atoms with Crippen molar-refractivity contribution in [1.82, 2.24) is 0 Å². The molecule has 0 heterocycles. The van der Waals surface area contributed by atoms with Crippen LogP contribution in [0.5, 0.6) is 0 Å². The van der Waals surface area contributed by atoms with Crippen molar-refractivity contribution in [2.45, 2.75) is 129 Å². The van der Waals surface area contributed by atoms with Crippen LogP contribution in [0.4, 0.5) is 0 Å². The molecular formula is C41H60N+. The van der Waals surface area contributed by atoms with Crippen LogP contribution in [0.1, 0.15) is 126 Å². The number of nitrogens with zero attached hydrogens (tertiary/aromatic N) is 1. The van der Waals surface area contributed by atoms with Crippen LogP contribution in [-0.2, 0) is 19.6 Å². The zero-order valence-corrected chi connectivity index (χ0v) is 26.9. The van der Waals surface area contributed by atoms with E-state index in [-0.39, 0.29) is 0 Å². The van der Waals surface area contributed by atoms with Crippen LogP contribution in [0.25, 0.3) is 0 Å². The molecule has 0 bridgehead atoms. The van der Waals surface area contributed by atoms with Gasteiger partial charge in [0.2, 0.25) is 0 Å². The molecule has 0 saturated heterocycles. The third-order valence-electron chi connectivity index (χ3n) is 8.73. The Balaban J connectivity index is 1.38. The van der Waals surface area contributed by atoms with E-state index in [2.05, 4.69) is 110 Å². The standard InChI is InChI=1S/C41H60N/c1-2-3-4-5-6-7-8-9-10-11-12-13-14-15-16-17-18-28-35-42(36-39-29-22-19-23-30-39,37-40-31-24-20-25-32-40)38-41-33-26-21-27-34-41/h8-9,19-27,29-34H,2-7,10-18,28,35-38H2,1H3/q+1/b9-8+. The Kier molecular flexibility index (Phi) is 17.7. The summed E-state index contributed by atoms with van der Waals surface area (Å²) < 4.78 is 1.09. The second-order valence-electron chi connectivity index (χ2n) is 12.6. The van der Waals surface area contributed by atoms with Crippen LogP contribution < -0.4 is 0 Å². The van der Waals surface area contributed by atoms with Gasteiger partial charge in [-0.1, -0.05) is 174 Å². The number of hydrogen-bond donors (Lipinski definition) is 0. The van der Waals surface area contributed by atoms with Crippen LogP contribution in [0.15, 0.2) is 103 Å². The van der Waals surface area contributed by atoms with Crippen LogP contribution >= 0.6 is 0 Å². The van der Waals surface area contributed by atoms with Crippen molar-refractivity contribution in [3.63, 3.8) is 0 Å². The van der Waals surface area contributed by atoms with E-state index in [1.807, 2.05) is 0 Å². The highest BCUT2D eigenvalue weighted by atomic mass is 15.3. The van der Waals surface area contributed by atoms with Gasteiger partial charge in [-0.3, -0.25) is 0 Å². The molecule has 0 aliphatic heterocycles. The molecule has 0 aromatic heterocycles. The van der Waals surface area contributed by atoms with Crippen molar-refractivity contribution in [3.8, 4) is 0 Å². The number of hydrogen-bond acceptors (Lipinski definition) is 0. The lowest BCUT2D eigenvalue weighted by molar-refractivity contribution is -0.966. The zero-order valence-electron chi connectivity index (χ0n) is 26.9. The summed E-state index contributed by atoms with van der Waals surface area (Å²) in [4.78, 5) is 0. The first-order valence-electron chi connectivity index (χ1n) is 17.4. The zero-order chi connectivity index (χ0) is 29.4. The van der Waals surface area contributed by atoms with Gasteiger partial charge in [0, 0.05) is 16.7 Å². The Bertz CT molecular complexity index is 939. The van der Waals surface area contributed by atoms with Crippen molar-refractivity contribution in [3.05, 3.63) is 120 Å². The van der Waals surface area contributed by atoms with E-state index in [1.165, 1.54) is 126 Å². The Hall–Kier alpha value is -2.64. The van der Waals surface area contributed by atoms with Gasteiger partial charge in [-0.15, -0.1) is 0 Å². The van der Waals surface area contributed by atoms with Gasteiger partial charge in [0.1, 0.15) is 19.6 Å². The van der Waals surface area contributed by atoms with Gasteiger partial charge in [0.05, 0.1) is 6.54 Å². The maximum absolute atomic E-state index is 2.44. The molecule has 3 aromatic carbocycles. The smallest absolute Gasteiger partial charge is 0.105 e. The van der Waals surface area contributed by atoms with E-state index in [1.54, 1.807) is 0 Å². The average molecular weight is 567 g/mol. The minimum atomic E-state index is 1.08. The quantitative estimate of drug-likeness (QED) is 0.0574. The number of benzene rings is 3. The van der Waals surface area contributed by atoms with Crippen LogP contribution in [0.2, 0.25) is 0 Å². The first-order valence-corrected chi connectivity index (χ1v) is 17.4. The molecule has 0 aliphatic carbocycles. The van der Waals surface area contributed by atoms with Crippen LogP contribution in [0, 0.1) is 0 Å². The molecule has 0 fully saturated rings. The lowest BCUT2D eigenvalue weighted by Gasteiger charge is -2.39. The number of rotatable bonds is 24.